The number of ether oxygens (including phenoxy) is 3. The van der Waals surface area contributed by atoms with E-state index >= 15 is 0 Å². The van der Waals surface area contributed by atoms with Gasteiger partial charge in [-0.2, -0.15) is 0 Å². The van der Waals surface area contributed by atoms with Crippen molar-refractivity contribution in [3.05, 3.63) is 29.6 Å². The van der Waals surface area contributed by atoms with Crippen LogP contribution in [-0.4, -0.2) is 49.9 Å². The summed E-state index contributed by atoms with van der Waals surface area (Å²) in [7, 11) is 1.56. The van der Waals surface area contributed by atoms with E-state index < -0.39 is 18.0 Å². The molecule has 0 aliphatic carbocycles. The third kappa shape index (κ3) is 5.83. The van der Waals surface area contributed by atoms with Crippen molar-refractivity contribution in [3.8, 4) is 5.75 Å². The summed E-state index contributed by atoms with van der Waals surface area (Å²) in [5.41, 5.74) is 0.471. The average molecular weight is 288 g/mol. The summed E-state index contributed by atoms with van der Waals surface area (Å²) in [5, 5.41) is 18.9. The summed E-state index contributed by atoms with van der Waals surface area (Å²) in [4.78, 5) is 0. The second kappa shape index (κ2) is 8.86. The lowest BCUT2D eigenvalue weighted by atomic mass is 10.1. The first-order valence-corrected chi connectivity index (χ1v) is 6.39. The fourth-order valence-corrected chi connectivity index (χ4v) is 1.49. The minimum absolute atomic E-state index is 0.0327. The standard InChI is InChI=1S/C14H21FO5/c1-10(16)11-3-4-14(13(15)7-11)20-9-12(17)8-19-6-5-18-2/h3-4,7,10,12,16-17H,5-6,8-9H2,1-2H3. The van der Waals surface area contributed by atoms with Gasteiger partial charge in [0.05, 0.1) is 25.9 Å². The highest BCUT2D eigenvalue weighted by molar-refractivity contribution is 5.30. The molecule has 1 aromatic carbocycles. The maximum Gasteiger partial charge on any atom is 0.165 e. The molecule has 0 aliphatic heterocycles. The van der Waals surface area contributed by atoms with E-state index in [1.807, 2.05) is 0 Å². The normalized spacial score (nSPS) is 14.1. The maximum absolute atomic E-state index is 13.6. The molecule has 0 spiro atoms. The van der Waals surface area contributed by atoms with Gasteiger partial charge < -0.3 is 24.4 Å². The Morgan fingerprint density at radius 1 is 1.20 bits per heavy atom. The maximum atomic E-state index is 13.6. The fourth-order valence-electron chi connectivity index (χ4n) is 1.49. The number of hydrogen-bond acceptors (Lipinski definition) is 5. The molecule has 0 radical (unpaired) electrons. The van der Waals surface area contributed by atoms with Crippen molar-refractivity contribution in [2.45, 2.75) is 19.1 Å². The van der Waals surface area contributed by atoms with Gasteiger partial charge in [-0.1, -0.05) is 6.07 Å². The molecule has 114 valence electrons. The van der Waals surface area contributed by atoms with Crippen LogP contribution in [0.5, 0.6) is 5.75 Å². The third-order valence-electron chi connectivity index (χ3n) is 2.61. The van der Waals surface area contributed by atoms with Gasteiger partial charge >= 0.3 is 0 Å². The van der Waals surface area contributed by atoms with Gasteiger partial charge in [-0.05, 0) is 24.6 Å². The molecule has 2 atom stereocenters. The molecular formula is C14H21FO5. The van der Waals surface area contributed by atoms with E-state index in [1.54, 1.807) is 20.1 Å². The zero-order valence-corrected chi connectivity index (χ0v) is 11.7. The van der Waals surface area contributed by atoms with Crippen LogP contribution in [0.15, 0.2) is 18.2 Å². The molecule has 6 heteroatoms. The molecule has 0 aromatic heterocycles. The number of aliphatic hydroxyl groups excluding tert-OH is 2. The lowest BCUT2D eigenvalue weighted by Crippen LogP contribution is -2.24. The minimum Gasteiger partial charge on any atom is -0.488 e. The number of methoxy groups -OCH3 is 1. The molecular weight excluding hydrogens is 267 g/mol. The zero-order valence-electron chi connectivity index (χ0n) is 11.7. The summed E-state index contributed by atoms with van der Waals surface area (Å²) in [6.07, 6.45) is -1.58. The van der Waals surface area contributed by atoms with Crippen LogP contribution in [0.1, 0.15) is 18.6 Å². The summed E-state index contributed by atoms with van der Waals surface area (Å²) >= 11 is 0. The molecule has 0 saturated heterocycles. The highest BCUT2D eigenvalue weighted by Crippen LogP contribution is 2.22. The van der Waals surface area contributed by atoms with Gasteiger partial charge in [0, 0.05) is 7.11 Å². The first kappa shape index (κ1) is 16.8. The average Bonchev–Trinajstić information content (AvgIpc) is 2.42. The molecule has 0 fully saturated rings. The van der Waals surface area contributed by atoms with Crippen LogP contribution >= 0.6 is 0 Å². The van der Waals surface area contributed by atoms with Crippen LogP contribution < -0.4 is 4.74 Å². The van der Waals surface area contributed by atoms with E-state index in [0.717, 1.165) is 0 Å². The van der Waals surface area contributed by atoms with Crippen molar-refractivity contribution >= 4 is 0 Å². The van der Waals surface area contributed by atoms with Gasteiger partial charge in [-0.25, -0.2) is 4.39 Å². The molecule has 0 aliphatic rings. The Labute approximate surface area is 117 Å². The molecule has 2 unspecified atom stereocenters. The van der Waals surface area contributed by atoms with E-state index in [2.05, 4.69) is 0 Å². The fraction of sp³-hybridized carbons (Fsp3) is 0.571. The molecule has 0 saturated carbocycles. The van der Waals surface area contributed by atoms with Crippen LogP contribution in [0.2, 0.25) is 0 Å². The van der Waals surface area contributed by atoms with Crippen molar-refractivity contribution in [1.82, 2.24) is 0 Å². The molecule has 0 amide bonds. The lowest BCUT2D eigenvalue weighted by Gasteiger charge is -2.14. The Bertz CT molecular complexity index is 397. The van der Waals surface area contributed by atoms with Crippen molar-refractivity contribution < 1.29 is 28.8 Å². The van der Waals surface area contributed by atoms with Gasteiger partial charge in [0.15, 0.2) is 11.6 Å². The quantitative estimate of drug-likeness (QED) is 0.670. The minimum atomic E-state index is -0.845. The monoisotopic (exact) mass is 288 g/mol. The van der Waals surface area contributed by atoms with Gasteiger partial charge in [0.2, 0.25) is 0 Å². The molecule has 1 aromatic rings. The van der Waals surface area contributed by atoms with Crippen molar-refractivity contribution in [1.29, 1.82) is 0 Å². The van der Waals surface area contributed by atoms with E-state index in [1.165, 1.54) is 12.1 Å². The Morgan fingerprint density at radius 3 is 2.55 bits per heavy atom. The summed E-state index contributed by atoms with van der Waals surface area (Å²) in [6.45, 7) is 2.40. The van der Waals surface area contributed by atoms with Crippen molar-refractivity contribution in [2.24, 2.45) is 0 Å². The number of rotatable bonds is 9. The van der Waals surface area contributed by atoms with E-state index in [-0.39, 0.29) is 19.0 Å². The Morgan fingerprint density at radius 2 is 1.95 bits per heavy atom. The van der Waals surface area contributed by atoms with E-state index in [4.69, 9.17) is 14.2 Å². The van der Waals surface area contributed by atoms with Crippen LogP contribution in [0, 0.1) is 5.82 Å². The Kier molecular flexibility index (Phi) is 7.46. The van der Waals surface area contributed by atoms with Gasteiger partial charge in [-0.15, -0.1) is 0 Å². The summed E-state index contributed by atoms with van der Waals surface area (Å²) in [6, 6.07) is 4.21. The predicted octanol–water partition coefficient (Wildman–Crippen LogP) is 1.28. The largest absolute Gasteiger partial charge is 0.488 e. The van der Waals surface area contributed by atoms with Crippen LogP contribution in [0.25, 0.3) is 0 Å². The topological polar surface area (TPSA) is 68.2 Å². The van der Waals surface area contributed by atoms with E-state index in [0.29, 0.717) is 18.8 Å². The molecule has 2 N–H and O–H groups in total. The lowest BCUT2D eigenvalue weighted by molar-refractivity contribution is -0.00470. The van der Waals surface area contributed by atoms with Crippen LogP contribution in [0.3, 0.4) is 0 Å². The van der Waals surface area contributed by atoms with Crippen LogP contribution in [0.4, 0.5) is 4.39 Å². The second-order valence-corrected chi connectivity index (χ2v) is 4.40. The number of halogens is 1. The summed E-state index contributed by atoms with van der Waals surface area (Å²) in [5.74, 6) is -0.541. The summed E-state index contributed by atoms with van der Waals surface area (Å²) < 4.78 is 28.7. The second-order valence-electron chi connectivity index (χ2n) is 4.40. The molecule has 0 bridgehead atoms. The Hall–Kier alpha value is -1.21. The van der Waals surface area contributed by atoms with Gasteiger partial charge in [0.25, 0.3) is 0 Å². The highest BCUT2D eigenvalue weighted by Gasteiger charge is 2.10. The van der Waals surface area contributed by atoms with Crippen molar-refractivity contribution in [3.63, 3.8) is 0 Å². The predicted molar refractivity (Wildman–Crippen MR) is 71.2 cm³/mol. The van der Waals surface area contributed by atoms with Gasteiger partial charge in [-0.3, -0.25) is 0 Å². The Balaban J connectivity index is 2.37. The number of benzene rings is 1. The first-order chi connectivity index (χ1) is 9.54. The van der Waals surface area contributed by atoms with Gasteiger partial charge in [0.1, 0.15) is 12.7 Å². The van der Waals surface area contributed by atoms with Crippen LogP contribution in [-0.2, 0) is 9.47 Å². The number of aliphatic hydroxyl groups is 2. The third-order valence-corrected chi connectivity index (χ3v) is 2.61. The smallest absolute Gasteiger partial charge is 0.165 e. The first-order valence-electron chi connectivity index (χ1n) is 6.39. The highest BCUT2D eigenvalue weighted by atomic mass is 19.1. The molecule has 1 rings (SSSR count). The van der Waals surface area contributed by atoms with Crippen molar-refractivity contribution in [2.75, 3.05) is 33.5 Å². The zero-order chi connectivity index (χ0) is 15.0. The SMILES string of the molecule is COCCOCC(O)COc1ccc(C(C)O)cc1F. The molecule has 20 heavy (non-hydrogen) atoms. The van der Waals surface area contributed by atoms with E-state index in [9.17, 15) is 14.6 Å². The number of hydrogen-bond donors (Lipinski definition) is 2. The molecule has 5 nitrogen and oxygen atoms in total. The molecule has 0 heterocycles.